The lowest BCUT2D eigenvalue weighted by molar-refractivity contribution is 0.170. The van der Waals surface area contributed by atoms with Crippen molar-refractivity contribution in [3.05, 3.63) is 23.8 Å². The van der Waals surface area contributed by atoms with E-state index in [9.17, 15) is 5.11 Å². The summed E-state index contributed by atoms with van der Waals surface area (Å²) in [5.74, 6) is 1.52. The van der Waals surface area contributed by atoms with E-state index in [1.165, 1.54) is 0 Å². The van der Waals surface area contributed by atoms with Gasteiger partial charge in [0, 0.05) is 12.6 Å². The van der Waals surface area contributed by atoms with Gasteiger partial charge in [-0.3, -0.25) is 0 Å². The van der Waals surface area contributed by atoms with Gasteiger partial charge in [-0.05, 0) is 51.8 Å². The monoisotopic (exact) mass is 281 g/mol. The Morgan fingerprint density at radius 3 is 2.40 bits per heavy atom. The number of aliphatic hydroxyl groups is 1. The van der Waals surface area contributed by atoms with Crippen LogP contribution >= 0.6 is 0 Å². The zero-order valence-corrected chi connectivity index (χ0v) is 13.1. The second-order valence-corrected chi connectivity index (χ2v) is 5.52. The van der Waals surface area contributed by atoms with Crippen LogP contribution in [0.5, 0.6) is 11.5 Å². The standard InChI is InChI=1S/C16H27NO3/c1-11(2)20-15-7-6-14(9-16(15)19-5)10-17-12(3)8-13(4)18/h6-7,9,11-13,17-18H,8,10H2,1-5H3. The fourth-order valence-electron chi connectivity index (χ4n) is 2.06. The average molecular weight is 281 g/mol. The Kier molecular flexibility index (Phi) is 6.82. The SMILES string of the molecule is COc1cc(CNC(C)CC(C)O)ccc1OC(C)C. The third-order valence-corrected chi connectivity index (χ3v) is 2.94. The van der Waals surface area contributed by atoms with Crippen LogP contribution in [0.25, 0.3) is 0 Å². The van der Waals surface area contributed by atoms with E-state index in [4.69, 9.17) is 9.47 Å². The molecule has 1 aromatic carbocycles. The molecule has 0 saturated carbocycles. The maximum atomic E-state index is 9.35. The van der Waals surface area contributed by atoms with Crippen LogP contribution in [-0.2, 0) is 6.54 Å². The summed E-state index contributed by atoms with van der Waals surface area (Å²) in [5, 5.41) is 12.7. The Morgan fingerprint density at radius 2 is 1.85 bits per heavy atom. The number of aliphatic hydroxyl groups excluding tert-OH is 1. The van der Waals surface area contributed by atoms with Crippen LogP contribution in [0.3, 0.4) is 0 Å². The Morgan fingerprint density at radius 1 is 1.15 bits per heavy atom. The van der Waals surface area contributed by atoms with Crippen molar-refractivity contribution in [3.8, 4) is 11.5 Å². The zero-order valence-electron chi connectivity index (χ0n) is 13.1. The second-order valence-electron chi connectivity index (χ2n) is 5.52. The van der Waals surface area contributed by atoms with Gasteiger partial charge in [0.25, 0.3) is 0 Å². The fourth-order valence-corrected chi connectivity index (χ4v) is 2.06. The van der Waals surface area contributed by atoms with Crippen molar-refractivity contribution in [3.63, 3.8) is 0 Å². The molecule has 2 N–H and O–H groups in total. The molecule has 0 heterocycles. The number of benzene rings is 1. The van der Waals surface area contributed by atoms with Gasteiger partial charge in [0.2, 0.25) is 0 Å². The van der Waals surface area contributed by atoms with Gasteiger partial charge in [0.05, 0.1) is 19.3 Å². The van der Waals surface area contributed by atoms with Crippen LogP contribution in [-0.4, -0.2) is 30.5 Å². The van der Waals surface area contributed by atoms with Crippen molar-refractivity contribution in [1.29, 1.82) is 0 Å². The molecule has 2 atom stereocenters. The summed E-state index contributed by atoms with van der Waals surface area (Å²) < 4.78 is 11.1. The Balaban J connectivity index is 2.63. The summed E-state index contributed by atoms with van der Waals surface area (Å²) in [6.45, 7) is 8.60. The lowest BCUT2D eigenvalue weighted by Gasteiger charge is -2.17. The van der Waals surface area contributed by atoms with Crippen LogP contribution in [0.2, 0.25) is 0 Å². The van der Waals surface area contributed by atoms with E-state index >= 15 is 0 Å². The summed E-state index contributed by atoms with van der Waals surface area (Å²) in [7, 11) is 1.65. The number of hydrogen-bond donors (Lipinski definition) is 2. The van der Waals surface area contributed by atoms with Crippen LogP contribution in [0.1, 0.15) is 39.7 Å². The van der Waals surface area contributed by atoms with Crippen molar-refractivity contribution in [1.82, 2.24) is 5.32 Å². The smallest absolute Gasteiger partial charge is 0.161 e. The van der Waals surface area contributed by atoms with Gasteiger partial charge in [-0.15, -0.1) is 0 Å². The molecule has 20 heavy (non-hydrogen) atoms. The van der Waals surface area contributed by atoms with E-state index in [1.807, 2.05) is 32.0 Å². The highest BCUT2D eigenvalue weighted by molar-refractivity contribution is 5.43. The molecule has 1 rings (SSSR count). The van der Waals surface area contributed by atoms with E-state index in [-0.39, 0.29) is 18.2 Å². The molecular formula is C16H27NO3. The number of rotatable bonds is 8. The fraction of sp³-hybridized carbons (Fsp3) is 0.625. The Bertz CT molecular complexity index is 405. The quantitative estimate of drug-likeness (QED) is 0.769. The molecule has 0 aliphatic carbocycles. The summed E-state index contributed by atoms with van der Waals surface area (Å²) in [4.78, 5) is 0. The highest BCUT2D eigenvalue weighted by Crippen LogP contribution is 2.28. The molecule has 1 aromatic rings. The van der Waals surface area contributed by atoms with Crippen molar-refractivity contribution in [2.45, 2.75) is 58.9 Å². The van der Waals surface area contributed by atoms with Gasteiger partial charge in [-0.25, -0.2) is 0 Å². The van der Waals surface area contributed by atoms with Gasteiger partial charge in [0.1, 0.15) is 0 Å². The van der Waals surface area contributed by atoms with E-state index < -0.39 is 0 Å². The lowest BCUT2D eigenvalue weighted by atomic mass is 10.1. The number of hydrogen-bond acceptors (Lipinski definition) is 4. The molecule has 0 radical (unpaired) electrons. The first kappa shape index (κ1) is 16.8. The average Bonchev–Trinajstić information content (AvgIpc) is 2.36. The van der Waals surface area contributed by atoms with Gasteiger partial charge in [-0.2, -0.15) is 0 Å². The van der Waals surface area contributed by atoms with E-state index in [0.29, 0.717) is 0 Å². The molecule has 4 nitrogen and oxygen atoms in total. The van der Waals surface area contributed by atoms with Crippen molar-refractivity contribution in [2.75, 3.05) is 7.11 Å². The molecule has 0 bridgehead atoms. The van der Waals surface area contributed by atoms with Crippen LogP contribution in [0.15, 0.2) is 18.2 Å². The molecule has 0 aliphatic rings. The minimum Gasteiger partial charge on any atom is -0.493 e. The number of ether oxygens (including phenoxy) is 2. The molecule has 114 valence electrons. The first-order valence-corrected chi connectivity index (χ1v) is 7.17. The van der Waals surface area contributed by atoms with E-state index in [1.54, 1.807) is 14.0 Å². The molecule has 0 spiro atoms. The van der Waals surface area contributed by atoms with Gasteiger partial charge in [-0.1, -0.05) is 6.07 Å². The first-order chi connectivity index (χ1) is 9.42. The topological polar surface area (TPSA) is 50.7 Å². The normalized spacial score (nSPS) is 14.2. The summed E-state index contributed by atoms with van der Waals surface area (Å²) in [5.41, 5.74) is 1.13. The van der Waals surface area contributed by atoms with Crippen molar-refractivity contribution < 1.29 is 14.6 Å². The molecule has 0 aromatic heterocycles. The van der Waals surface area contributed by atoms with Gasteiger partial charge in [0.15, 0.2) is 11.5 Å². The van der Waals surface area contributed by atoms with Crippen LogP contribution < -0.4 is 14.8 Å². The summed E-state index contributed by atoms with van der Waals surface area (Å²) >= 11 is 0. The van der Waals surface area contributed by atoms with Crippen LogP contribution in [0, 0.1) is 0 Å². The predicted octanol–water partition coefficient (Wildman–Crippen LogP) is 2.73. The number of nitrogens with one attached hydrogen (secondary N) is 1. The maximum absolute atomic E-state index is 9.35. The Labute approximate surface area is 122 Å². The first-order valence-electron chi connectivity index (χ1n) is 7.17. The predicted molar refractivity (Wildman–Crippen MR) is 81.4 cm³/mol. The van der Waals surface area contributed by atoms with E-state index in [2.05, 4.69) is 12.2 Å². The molecule has 4 heteroatoms. The number of methoxy groups -OCH3 is 1. The lowest BCUT2D eigenvalue weighted by Crippen LogP contribution is -2.28. The summed E-state index contributed by atoms with van der Waals surface area (Å²) in [6, 6.07) is 6.23. The van der Waals surface area contributed by atoms with Gasteiger partial charge < -0.3 is 19.9 Å². The highest BCUT2D eigenvalue weighted by Gasteiger charge is 2.09. The molecular weight excluding hydrogens is 254 g/mol. The van der Waals surface area contributed by atoms with Crippen molar-refractivity contribution in [2.24, 2.45) is 0 Å². The summed E-state index contributed by atoms with van der Waals surface area (Å²) in [6.07, 6.45) is 0.582. The second kappa shape index (κ2) is 8.12. The largest absolute Gasteiger partial charge is 0.493 e. The third kappa shape index (κ3) is 5.80. The van der Waals surface area contributed by atoms with Crippen LogP contribution in [0.4, 0.5) is 0 Å². The molecule has 0 fully saturated rings. The molecule has 0 aliphatic heterocycles. The third-order valence-electron chi connectivity index (χ3n) is 2.94. The highest BCUT2D eigenvalue weighted by atomic mass is 16.5. The molecule has 0 saturated heterocycles. The van der Waals surface area contributed by atoms with E-state index in [0.717, 1.165) is 30.0 Å². The molecule has 0 amide bonds. The molecule has 2 unspecified atom stereocenters. The van der Waals surface area contributed by atoms with Crippen molar-refractivity contribution >= 4 is 0 Å². The Hall–Kier alpha value is -1.26. The minimum absolute atomic E-state index is 0.124. The van der Waals surface area contributed by atoms with Gasteiger partial charge >= 0.3 is 0 Å². The maximum Gasteiger partial charge on any atom is 0.161 e. The zero-order chi connectivity index (χ0) is 15.1. The minimum atomic E-state index is -0.283.